The molecule has 0 aliphatic carbocycles. The molecular formula is C21H30N2O2. The van der Waals surface area contributed by atoms with Crippen LogP contribution in [-0.4, -0.2) is 42.0 Å². The Bertz CT molecular complexity index is 714. The molecule has 0 radical (unpaired) electrons. The highest BCUT2D eigenvalue weighted by Crippen LogP contribution is 2.26. The zero-order valence-electron chi connectivity index (χ0n) is 15.6. The monoisotopic (exact) mass is 342 g/mol. The van der Waals surface area contributed by atoms with E-state index in [9.17, 15) is 4.79 Å². The molecule has 0 saturated carbocycles. The lowest BCUT2D eigenvalue weighted by Crippen LogP contribution is -2.30. The molecule has 25 heavy (non-hydrogen) atoms. The molecule has 0 spiro atoms. The number of ketones is 1. The summed E-state index contributed by atoms with van der Waals surface area (Å²) in [6.07, 6.45) is 10.0. The molecule has 1 saturated heterocycles. The Kier molecular flexibility index (Phi) is 6.14. The molecule has 136 valence electrons. The van der Waals surface area contributed by atoms with Gasteiger partial charge in [-0.05, 0) is 63.5 Å². The first-order valence-electron chi connectivity index (χ1n) is 9.57. The van der Waals surface area contributed by atoms with E-state index in [4.69, 9.17) is 4.74 Å². The van der Waals surface area contributed by atoms with Gasteiger partial charge < -0.3 is 14.2 Å². The Morgan fingerprint density at radius 2 is 1.92 bits per heavy atom. The largest absolute Gasteiger partial charge is 0.497 e. The summed E-state index contributed by atoms with van der Waals surface area (Å²) in [5.74, 6) is 1.05. The number of ether oxygens (including phenoxy) is 1. The van der Waals surface area contributed by atoms with Crippen LogP contribution in [0.1, 0.15) is 55.3 Å². The van der Waals surface area contributed by atoms with E-state index < -0.39 is 0 Å². The number of benzene rings is 1. The first-order chi connectivity index (χ1) is 12.2. The maximum absolute atomic E-state index is 12.7. The van der Waals surface area contributed by atoms with Gasteiger partial charge >= 0.3 is 0 Å². The van der Waals surface area contributed by atoms with Gasteiger partial charge in [0.25, 0.3) is 0 Å². The maximum atomic E-state index is 12.7. The van der Waals surface area contributed by atoms with Crippen LogP contribution in [0.25, 0.3) is 10.9 Å². The minimum absolute atomic E-state index is 0.247. The third-order valence-electron chi connectivity index (χ3n) is 5.32. The minimum Gasteiger partial charge on any atom is -0.497 e. The van der Waals surface area contributed by atoms with Gasteiger partial charge in [0, 0.05) is 36.1 Å². The molecule has 4 nitrogen and oxygen atoms in total. The summed E-state index contributed by atoms with van der Waals surface area (Å²) in [5, 5.41) is 1.00. The van der Waals surface area contributed by atoms with E-state index >= 15 is 0 Å². The molecule has 1 aromatic carbocycles. The lowest BCUT2D eigenvalue weighted by atomic mass is 10.0. The van der Waals surface area contributed by atoms with E-state index in [0.717, 1.165) is 35.1 Å². The number of rotatable bonds is 8. The van der Waals surface area contributed by atoms with Crippen molar-refractivity contribution in [3.05, 3.63) is 30.0 Å². The predicted molar refractivity (Wildman–Crippen MR) is 103 cm³/mol. The van der Waals surface area contributed by atoms with Gasteiger partial charge in [-0.1, -0.05) is 12.8 Å². The lowest BCUT2D eigenvalue weighted by Gasteiger charge is -2.26. The number of piperidine rings is 1. The summed E-state index contributed by atoms with van der Waals surface area (Å²) in [4.78, 5) is 15.2. The Labute approximate surface area is 150 Å². The Hall–Kier alpha value is -1.81. The fourth-order valence-electron chi connectivity index (χ4n) is 3.84. The van der Waals surface area contributed by atoms with Crippen molar-refractivity contribution in [1.29, 1.82) is 0 Å². The molecule has 2 heterocycles. The number of hydrogen-bond donors (Lipinski definition) is 0. The SMILES string of the molecule is COc1ccc2c(c1)c(C(=O)CCCCCN1CCCCC1)cn2C. The van der Waals surface area contributed by atoms with Crippen molar-refractivity contribution in [2.45, 2.75) is 44.9 Å². The fourth-order valence-corrected chi connectivity index (χ4v) is 3.84. The van der Waals surface area contributed by atoms with E-state index in [1.807, 2.05) is 36.0 Å². The lowest BCUT2D eigenvalue weighted by molar-refractivity contribution is 0.0980. The molecule has 1 fully saturated rings. The predicted octanol–water partition coefficient (Wildman–Crippen LogP) is 4.42. The van der Waals surface area contributed by atoms with Crippen molar-refractivity contribution >= 4 is 16.7 Å². The molecular weight excluding hydrogens is 312 g/mol. The van der Waals surface area contributed by atoms with Crippen molar-refractivity contribution in [3.63, 3.8) is 0 Å². The molecule has 2 aromatic rings. The summed E-state index contributed by atoms with van der Waals surface area (Å²) in [7, 11) is 3.65. The quantitative estimate of drug-likeness (QED) is 0.526. The van der Waals surface area contributed by atoms with E-state index in [1.54, 1.807) is 7.11 Å². The topological polar surface area (TPSA) is 34.5 Å². The van der Waals surface area contributed by atoms with Crippen LogP contribution in [-0.2, 0) is 7.05 Å². The first kappa shape index (κ1) is 18.0. The third kappa shape index (κ3) is 4.43. The summed E-state index contributed by atoms with van der Waals surface area (Å²) in [6, 6.07) is 5.93. The zero-order valence-corrected chi connectivity index (χ0v) is 15.6. The average Bonchev–Trinajstić information content (AvgIpc) is 2.98. The van der Waals surface area contributed by atoms with Crippen molar-refractivity contribution in [3.8, 4) is 5.75 Å². The van der Waals surface area contributed by atoms with Gasteiger partial charge in [-0.25, -0.2) is 0 Å². The second-order valence-electron chi connectivity index (χ2n) is 7.17. The Balaban J connectivity index is 1.52. The smallest absolute Gasteiger partial charge is 0.165 e. The number of carbonyl (C=O) groups is 1. The second-order valence-corrected chi connectivity index (χ2v) is 7.17. The standard InChI is InChI=1S/C21H30N2O2/c1-22-16-19(18-15-17(25-2)10-11-20(18)22)21(24)9-5-3-6-12-23-13-7-4-8-14-23/h10-11,15-16H,3-9,12-14H2,1-2H3. The first-order valence-corrected chi connectivity index (χ1v) is 9.57. The van der Waals surface area contributed by atoms with E-state index in [1.165, 1.54) is 45.3 Å². The van der Waals surface area contributed by atoms with Crippen molar-refractivity contribution in [2.24, 2.45) is 7.05 Å². The zero-order chi connectivity index (χ0) is 17.6. The summed E-state index contributed by atoms with van der Waals surface area (Å²) < 4.78 is 7.34. The number of carbonyl (C=O) groups excluding carboxylic acids is 1. The maximum Gasteiger partial charge on any atom is 0.165 e. The Morgan fingerprint density at radius 3 is 2.68 bits per heavy atom. The molecule has 1 aliphatic rings. The van der Waals surface area contributed by atoms with Gasteiger partial charge in [-0.15, -0.1) is 0 Å². The van der Waals surface area contributed by atoms with Gasteiger partial charge in [0.2, 0.25) is 0 Å². The van der Waals surface area contributed by atoms with Gasteiger partial charge in [-0.2, -0.15) is 0 Å². The van der Waals surface area contributed by atoms with Crippen LogP contribution in [0.15, 0.2) is 24.4 Å². The number of Topliss-reactive ketones (excluding diaryl/α,β-unsaturated/α-hetero) is 1. The van der Waals surface area contributed by atoms with E-state index in [-0.39, 0.29) is 5.78 Å². The molecule has 0 bridgehead atoms. The number of hydrogen-bond acceptors (Lipinski definition) is 3. The molecule has 0 unspecified atom stereocenters. The molecule has 0 amide bonds. The number of nitrogens with zero attached hydrogens (tertiary/aromatic N) is 2. The minimum atomic E-state index is 0.247. The fraction of sp³-hybridized carbons (Fsp3) is 0.571. The number of fused-ring (bicyclic) bond motifs is 1. The van der Waals surface area contributed by atoms with Crippen LogP contribution in [0.4, 0.5) is 0 Å². The number of aromatic nitrogens is 1. The summed E-state index contributed by atoms with van der Waals surface area (Å²) in [5.41, 5.74) is 1.90. The normalized spacial score (nSPS) is 15.6. The molecule has 3 rings (SSSR count). The number of unbranched alkanes of at least 4 members (excludes halogenated alkanes) is 2. The number of likely N-dealkylation sites (tertiary alicyclic amines) is 1. The summed E-state index contributed by atoms with van der Waals surface area (Å²) in [6.45, 7) is 3.72. The van der Waals surface area contributed by atoms with E-state index in [2.05, 4.69) is 4.90 Å². The van der Waals surface area contributed by atoms with Crippen molar-refractivity contribution in [2.75, 3.05) is 26.7 Å². The number of aryl methyl sites for hydroxylation is 1. The third-order valence-corrected chi connectivity index (χ3v) is 5.32. The molecule has 4 heteroatoms. The van der Waals surface area contributed by atoms with Gasteiger partial charge in [0.15, 0.2) is 5.78 Å². The van der Waals surface area contributed by atoms with Gasteiger partial charge in [0.05, 0.1) is 7.11 Å². The summed E-state index contributed by atoms with van der Waals surface area (Å²) >= 11 is 0. The van der Waals surface area contributed by atoms with Crippen LogP contribution in [0, 0.1) is 0 Å². The van der Waals surface area contributed by atoms with Crippen LogP contribution in [0.2, 0.25) is 0 Å². The second kappa shape index (κ2) is 8.52. The molecule has 1 aliphatic heterocycles. The molecule has 1 aromatic heterocycles. The van der Waals surface area contributed by atoms with Gasteiger partial charge in [0.1, 0.15) is 5.75 Å². The van der Waals surface area contributed by atoms with Gasteiger partial charge in [-0.3, -0.25) is 4.79 Å². The van der Waals surface area contributed by atoms with Crippen LogP contribution in [0.3, 0.4) is 0 Å². The van der Waals surface area contributed by atoms with Crippen molar-refractivity contribution in [1.82, 2.24) is 9.47 Å². The van der Waals surface area contributed by atoms with Crippen LogP contribution in [0.5, 0.6) is 5.75 Å². The Morgan fingerprint density at radius 1 is 1.12 bits per heavy atom. The van der Waals surface area contributed by atoms with Crippen molar-refractivity contribution < 1.29 is 9.53 Å². The van der Waals surface area contributed by atoms with Crippen LogP contribution < -0.4 is 4.74 Å². The van der Waals surface area contributed by atoms with E-state index in [0.29, 0.717) is 6.42 Å². The number of methoxy groups -OCH3 is 1. The molecule has 0 N–H and O–H groups in total. The average molecular weight is 342 g/mol. The van der Waals surface area contributed by atoms with Crippen LogP contribution >= 0.6 is 0 Å². The molecule has 0 atom stereocenters. The highest BCUT2D eigenvalue weighted by Gasteiger charge is 2.15. The highest BCUT2D eigenvalue weighted by molar-refractivity contribution is 6.08. The highest BCUT2D eigenvalue weighted by atomic mass is 16.5.